The van der Waals surface area contributed by atoms with Gasteiger partial charge in [-0.05, 0) is 56.3 Å². The smallest absolute Gasteiger partial charge is 0.0366 e. The molecule has 1 fully saturated rings. The molecule has 0 radical (unpaired) electrons. The van der Waals surface area contributed by atoms with E-state index >= 15 is 0 Å². The first-order valence-corrected chi connectivity index (χ1v) is 7.62. The third-order valence-electron chi connectivity index (χ3n) is 4.62. The molecule has 1 aromatic rings. The van der Waals surface area contributed by atoms with Gasteiger partial charge in [0.05, 0.1) is 0 Å². The van der Waals surface area contributed by atoms with Gasteiger partial charge in [-0.15, -0.1) is 0 Å². The first kappa shape index (κ1) is 14.4. The number of nitrogens with one attached hydrogen (secondary N) is 1. The number of hydrogen-bond donors (Lipinski definition) is 1. The summed E-state index contributed by atoms with van der Waals surface area (Å²) in [4.78, 5) is 2.47. The standard InChI is InChI=1S/C17H28N2/c1-13(2)14-5-9-16(10-6-14)19(4)17-11-7-15(18-3)8-12-17/h5-6,9-10,13,15,17-18H,7-8,11-12H2,1-4H3. The molecule has 0 heterocycles. The van der Waals surface area contributed by atoms with Gasteiger partial charge in [0.25, 0.3) is 0 Å². The Balaban J connectivity index is 1.97. The molecule has 0 unspecified atom stereocenters. The van der Waals surface area contributed by atoms with Gasteiger partial charge in [0.1, 0.15) is 0 Å². The average Bonchev–Trinajstić information content (AvgIpc) is 2.46. The van der Waals surface area contributed by atoms with Crippen LogP contribution in [-0.4, -0.2) is 26.2 Å². The van der Waals surface area contributed by atoms with Crippen LogP contribution < -0.4 is 10.2 Å². The van der Waals surface area contributed by atoms with E-state index in [2.05, 4.69) is 62.4 Å². The summed E-state index contributed by atoms with van der Waals surface area (Å²) < 4.78 is 0. The Labute approximate surface area is 118 Å². The van der Waals surface area contributed by atoms with Crippen molar-refractivity contribution in [3.05, 3.63) is 29.8 Å². The Bertz CT molecular complexity index is 375. The van der Waals surface area contributed by atoms with Crippen molar-refractivity contribution >= 4 is 5.69 Å². The maximum atomic E-state index is 3.40. The van der Waals surface area contributed by atoms with E-state index in [0.717, 1.165) is 6.04 Å². The molecule has 2 nitrogen and oxygen atoms in total. The summed E-state index contributed by atoms with van der Waals surface area (Å²) in [6.07, 6.45) is 5.20. The molecule has 2 rings (SSSR count). The number of anilines is 1. The predicted octanol–water partition coefficient (Wildman–Crippen LogP) is 3.78. The van der Waals surface area contributed by atoms with Crippen molar-refractivity contribution in [2.24, 2.45) is 0 Å². The molecule has 19 heavy (non-hydrogen) atoms. The van der Waals surface area contributed by atoms with Gasteiger partial charge in [0.15, 0.2) is 0 Å². The zero-order chi connectivity index (χ0) is 13.8. The Kier molecular flexibility index (Phi) is 4.87. The fourth-order valence-corrected chi connectivity index (χ4v) is 3.06. The molecule has 0 bridgehead atoms. The van der Waals surface area contributed by atoms with E-state index in [1.54, 1.807) is 0 Å². The zero-order valence-electron chi connectivity index (χ0n) is 12.8. The minimum atomic E-state index is 0.616. The van der Waals surface area contributed by atoms with Crippen LogP contribution in [0.1, 0.15) is 51.0 Å². The number of rotatable bonds is 4. The van der Waals surface area contributed by atoms with Crippen LogP contribution in [-0.2, 0) is 0 Å². The van der Waals surface area contributed by atoms with E-state index in [9.17, 15) is 0 Å². The lowest BCUT2D eigenvalue weighted by Crippen LogP contribution is -2.39. The van der Waals surface area contributed by atoms with E-state index < -0.39 is 0 Å². The third-order valence-corrected chi connectivity index (χ3v) is 4.62. The molecule has 1 N–H and O–H groups in total. The van der Waals surface area contributed by atoms with Crippen molar-refractivity contribution in [1.82, 2.24) is 5.32 Å². The SMILES string of the molecule is CNC1CCC(N(C)c2ccc(C(C)C)cc2)CC1. The van der Waals surface area contributed by atoms with Gasteiger partial charge in [-0.2, -0.15) is 0 Å². The van der Waals surface area contributed by atoms with Gasteiger partial charge >= 0.3 is 0 Å². The molecule has 0 amide bonds. The molecule has 0 spiro atoms. The van der Waals surface area contributed by atoms with Crippen molar-refractivity contribution in [3.8, 4) is 0 Å². The summed E-state index contributed by atoms with van der Waals surface area (Å²) in [5.74, 6) is 0.616. The van der Waals surface area contributed by atoms with E-state index in [-0.39, 0.29) is 0 Å². The summed E-state index contributed by atoms with van der Waals surface area (Å²) in [6, 6.07) is 10.5. The maximum Gasteiger partial charge on any atom is 0.0366 e. The summed E-state index contributed by atoms with van der Waals surface area (Å²) >= 11 is 0. The molecule has 1 aliphatic carbocycles. The highest BCUT2D eigenvalue weighted by molar-refractivity contribution is 5.48. The van der Waals surface area contributed by atoms with Gasteiger partial charge in [0, 0.05) is 24.8 Å². The summed E-state index contributed by atoms with van der Waals surface area (Å²) in [5, 5.41) is 3.40. The van der Waals surface area contributed by atoms with E-state index in [1.807, 2.05) is 0 Å². The minimum Gasteiger partial charge on any atom is -0.372 e. The van der Waals surface area contributed by atoms with E-state index in [4.69, 9.17) is 0 Å². The van der Waals surface area contributed by atoms with Gasteiger partial charge < -0.3 is 10.2 Å². The van der Waals surface area contributed by atoms with Crippen molar-refractivity contribution in [3.63, 3.8) is 0 Å². The third kappa shape index (κ3) is 3.50. The average molecular weight is 260 g/mol. The highest BCUT2D eigenvalue weighted by Gasteiger charge is 2.23. The monoisotopic (exact) mass is 260 g/mol. The molecule has 0 atom stereocenters. The predicted molar refractivity (Wildman–Crippen MR) is 84.0 cm³/mol. The lowest BCUT2D eigenvalue weighted by molar-refractivity contribution is 0.351. The summed E-state index contributed by atoms with van der Waals surface area (Å²) in [6.45, 7) is 4.50. The Hall–Kier alpha value is -1.02. The van der Waals surface area contributed by atoms with Crippen molar-refractivity contribution < 1.29 is 0 Å². The highest BCUT2D eigenvalue weighted by atomic mass is 15.1. The number of nitrogens with zero attached hydrogens (tertiary/aromatic N) is 1. The minimum absolute atomic E-state index is 0.616. The van der Waals surface area contributed by atoms with Crippen LogP contribution in [0.15, 0.2) is 24.3 Å². The van der Waals surface area contributed by atoms with Crippen LogP contribution in [0.25, 0.3) is 0 Å². The fraction of sp³-hybridized carbons (Fsp3) is 0.647. The second-order valence-corrected chi connectivity index (χ2v) is 6.15. The Morgan fingerprint density at radius 3 is 2.11 bits per heavy atom. The van der Waals surface area contributed by atoms with Crippen LogP contribution in [0, 0.1) is 0 Å². The molecule has 1 aromatic carbocycles. The van der Waals surface area contributed by atoms with Gasteiger partial charge in [-0.25, -0.2) is 0 Å². The Morgan fingerprint density at radius 1 is 1.05 bits per heavy atom. The molecule has 1 aliphatic rings. The van der Waals surface area contributed by atoms with Gasteiger partial charge in [-0.3, -0.25) is 0 Å². The summed E-state index contributed by atoms with van der Waals surface area (Å²) in [5.41, 5.74) is 2.79. The van der Waals surface area contributed by atoms with Crippen LogP contribution in [0.3, 0.4) is 0 Å². The highest BCUT2D eigenvalue weighted by Crippen LogP contribution is 2.27. The first-order chi connectivity index (χ1) is 9.11. The lowest BCUT2D eigenvalue weighted by Gasteiger charge is -2.36. The normalized spacial score (nSPS) is 23.6. The second kappa shape index (κ2) is 6.42. The molecule has 1 saturated carbocycles. The van der Waals surface area contributed by atoms with Crippen LogP contribution >= 0.6 is 0 Å². The van der Waals surface area contributed by atoms with Crippen LogP contribution in [0.4, 0.5) is 5.69 Å². The number of benzene rings is 1. The van der Waals surface area contributed by atoms with Gasteiger partial charge in [0.2, 0.25) is 0 Å². The fourth-order valence-electron chi connectivity index (χ4n) is 3.06. The van der Waals surface area contributed by atoms with Crippen LogP contribution in [0.5, 0.6) is 0 Å². The van der Waals surface area contributed by atoms with Crippen molar-refractivity contribution in [1.29, 1.82) is 0 Å². The first-order valence-electron chi connectivity index (χ1n) is 7.62. The summed E-state index contributed by atoms with van der Waals surface area (Å²) in [7, 11) is 4.33. The van der Waals surface area contributed by atoms with E-state index in [1.165, 1.54) is 36.9 Å². The molecular weight excluding hydrogens is 232 g/mol. The quantitative estimate of drug-likeness (QED) is 0.886. The topological polar surface area (TPSA) is 15.3 Å². The van der Waals surface area contributed by atoms with Gasteiger partial charge in [-0.1, -0.05) is 26.0 Å². The molecule has 0 saturated heterocycles. The molecule has 0 aliphatic heterocycles. The lowest BCUT2D eigenvalue weighted by atomic mass is 9.90. The van der Waals surface area contributed by atoms with Crippen LogP contribution in [0.2, 0.25) is 0 Å². The van der Waals surface area contributed by atoms with Crippen molar-refractivity contribution in [2.75, 3.05) is 19.0 Å². The van der Waals surface area contributed by atoms with Crippen molar-refractivity contribution in [2.45, 2.75) is 57.5 Å². The molecule has 2 heteroatoms. The largest absolute Gasteiger partial charge is 0.372 e. The van der Waals surface area contributed by atoms with E-state index in [0.29, 0.717) is 12.0 Å². The maximum absolute atomic E-state index is 3.40. The number of hydrogen-bond acceptors (Lipinski definition) is 2. The molecule has 106 valence electrons. The molecular formula is C17H28N2. The Morgan fingerprint density at radius 2 is 1.63 bits per heavy atom. The zero-order valence-corrected chi connectivity index (χ0v) is 12.8. The molecule has 0 aromatic heterocycles. The second-order valence-electron chi connectivity index (χ2n) is 6.15.